The number of carbonyl (C=O) groups excluding carboxylic acids is 1. The first kappa shape index (κ1) is 18.4. The summed E-state index contributed by atoms with van der Waals surface area (Å²) in [4.78, 5) is 28.4. The van der Waals surface area contributed by atoms with Crippen molar-refractivity contribution in [1.29, 1.82) is 0 Å². The summed E-state index contributed by atoms with van der Waals surface area (Å²) in [6.45, 7) is 0.602. The third-order valence-electron chi connectivity index (χ3n) is 4.71. The number of carboxylic acids is 1. The normalized spacial score (nSPS) is 10.8. The number of rotatable bonds is 6. The molecule has 0 unspecified atom stereocenters. The fourth-order valence-electron chi connectivity index (χ4n) is 3.41. The Morgan fingerprint density at radius 3 is 2.52 bits per heavy atom. The third-order valence-corrected chi connectivity index (χ3v) is 4.71. The lowest BCUT2D eigenvalue weighted by Crippen LogP contribution is -2.16. The lowest BCUT2D eigenvalue weighted by Gasteiger charge is -2.08. The number of carbonyl (C=O) groups is 2. The lowest BCUT2D eigenvalue weighted by molar-refractivity contribution is -0.115. The Morgan fingerprint density at radius 2 is 1.72 bits per heavy atom. The Kier molecular flexibility index (Phi) is 5.07. The topological polar surface area (TPSA) is 84.2 Å². The van der Waals surface area contributed by atoms with Gasteiger partial charge in [-0.2, -0.15) is 0 Å². The van der Waals surface area contributed by atoms with Crippen LogP contribution in [0.5, 0.6) is 0 Å². The van der Waals surface area contributed by atoms with Crippen molar-refractivity contribution in [3.8, 4) is 0 Å². The molecule has 2 aromatic carbocycles. The summed E-state index contributed by atoms with van der Waals surface area (Å²) in [5.74, 6) is -1.34. The van der Waals surface area contributed by atoms with Gasteiger partial charge in [0, 0.05) is 23.3 Å². The summed E-state index contributed by atoms with van der Waals surface area (Å²) in [7, 11) is 0. The molecule has 144 valence electrons. The Balaban J connectivity index is 1.60. The molecule has 2 N–H and O–H groups in total. The predicted octanol–water partition coefficient (Wildman–Crippen LogP) is 3.96. The van der Waals surface area contributed by atoms with Gasteiger partial charge in [0.2, 0.25) is 5.91 Å². The standard InChI is InChI=1S/C23H19N3O3/c27-22(25-20-10-3-1-9-19(20)23(28)29)13-16-14-26(15-17-7-5-6-12-24-17)21-11-4-2-8-18(16)21/h1-12,14H,13,15H2,(H,25,27)(H,28,29). The van der Waals surface area contributed by atoms with E-state index in [2.05, 4.69) is 14.9 Å². The van der Waals surface area contributed by atoms with E-state index >= 15 is 0 Å². The van der Waals surface area contributed by atoms with Crippen molar-refractivity contribution in [1.82, 2.24) is 9.55 Å². The van der Waals surface area contributed by atoms with Crippen molar-refractivity contribution < 1.29 is 14.7 Å². The van der Waals surface area contributed by atoms with Crippen molar-refractivity contribution in [2.45, 2.75) is 13.0 Å². The quantitative estimate of drug-likeness (QED) is 0.526. The molecule has 0 aliphatic carbocycles. The van der Waals surface area contributed by atoms with E-state index in [1.807, 2.05) is 48.7 Å². The van der Waals surface area contributed by atoms with E-state index in [1.54, 1.807) is 24.4 Å². The number of benzene rings is 2. The summed E-state index contributed by atoms with van der Waals surface area (Å²) in [5, 5.41) is 13.0. The van der Waals surface area contributed by atoms with E-state index in [-0.39, 0.29) is 17.9 Å². The van der Waals surface area contributed by atoms with Crippen LogP contribution < -0.4 is 5.32 Å². The summed E-state index contributed by atoms with van der Waals surface area (Å²) < 4.78 is 2.07. The van der Waals surface area contributed by atoms with Crippen molar-refractivity contribution in [3.63, 3.8) is 0 Å². The fourth-order valence-corrected chi connectivity index (χ4v) is 3.41. The van der Waals surface area contributed by atoms with Crippen LogP contribution in [0.15, 0.2) is 79.1 Å². The van der Waals surface area contributed by atoms with E-state index < -0.39 is 5.97 Å². The number of nitrogens with one attached hydrogen (secondary N) is 1. The maximum atomic E-state index is 12.6. The van der Waals surface area contributed by atoms with Gasteiger partial charge in [-0.1, -0.05) is 36.4 Å². The first-order valence-corrected chi connectivity index (χ1v) is 9.20. The predicted molar refractivity (Wildman–Crippen MR) is 111 cm³/mol. The van der Waals surface area contributed by atoms with Crippen molar-refractivity contribution in [2.24, 2.45) is 0 Å². The minimum atomic E-state index is -1.08. The summed E-state index contributed by atoms with van der Waals surface area (Å²) in [6, 6.07) is 20.1. The number of aromatic carboxylic acids is 1. The molecule has 0 bridgehead atoms. The maximum absolute atomic E-state index is 12.6. The van der Waals surface area contributed by atoms with Crippen molar-refractivity contribution in [3.05, 3.63) is 95.9 Å². The largest absolute Gasteiger partial charge is 0.478 e. The molecule has 0 radical (unpaired) electrons. The van der Waals surface area contributed by atoms with E-state index in [0.29, 0.717) is 12.2 Å². The average Bonchev–Trinajstić information content (AvgIpc) is 3.06. The van der Waals surface area contributed by atoms with Gasteiger partial charge >= 0.3 is 5.97 Å². The van der Waals surface area contributed by atoms with Gasteiger partial charge in [0.1, 0.15) is 0 Å². The average molecular weight is 385 g/mol. The monoisotopic (exact) mass is 385 g/mol. The van der Waals surface area contributed by atoms with E-state index in [0.717, 1.165) is 22.2 Å². The van der Waals surface area contributed by atoms with Crippen molar-refractivity contribution >= 4 is 28.5 Å². The van der Waals surface area contributed by atoms with Gasteiger partial charge in [-0.05, 0) is 35.9 Å². The molecular formula is C23H19N3O3. The Bertz CT molecular complexity index is 1180. The van der Waals surface area contributed by atoms with Crippen LogP contribution in [-0.4, -0.2) is 26.5 Å². The minimum Gasteiger partial charge on any atom is -0.478 e. The van der Waals surface area contributed by atoms with Gasteiger partial charge in [0.15, 0.2) is 0 Å². The molecule has 0 saturated heterocycles. The molecule has 0 saturated carbocycles. The van der Waals surface area contributed by atoms with Crippen LogP contribution in [0.1, 0.15) is 21.6 Å². The Labute approximate surface area is 167 Å². The van der Waals surface area contributed by atoms with Gasteiger partial charge in [0.25, 0.3) is 0 Å². The molecule has 0 spiro atoms. The van der Waals surface area contributed by atoms with Crippen LogP contribution in [0.4, 0.5) is 5.69 Å². The second kappa shape index (κ2) is 7.98. The molecule has 4 aromatic rings. The zero-order chi connectivity index (χ0) is 20.2. The number of fused-ring (bicyclic) bond motifs is 1. The van der Waals surface area contributed by atoms with Gasteiger partial charge in [0.05, 0.1) is 29.9 Å². The van der Waals surface area contributed by atoms with E-state index in [9.17, 15) is 14.7 Å². The molecule has 0 aliphatic heterocycles. The Hall–Kier alpha value is -3.93. The molecule has 0 atom stereocenters. The third kappa shape index (κ3) is 4.01. The first-order chi connectivity index (χ1) is 14.1. The molecule has 0 fully saturated rings. The van der Waals surface area contributed by atoms with Crippen LogP contribution in [0.3, 0.4) is 0 Å². The number of carboxylic acid groups (broad SMARTS) is 1. The zero-order valence-corrected chi connectivity index (χ0v) is 15.6. The number of aromatic nitrogens is 2. The van der Waals surface area contributed by atoms with Crippen LogP contribution in [-0.2, 0) is 17.8 Å². The van der Waals surface area contributed by atoms with E-state index in [1.165, 1.54) is 6.07 Å². The second-order valence-electron chi connectivity index (χ2n) is 6.70. The van der Waals surface area contributed by atoms with Crippen molar-refractivity contribution in [2.75, 3.05) is 5.32 Å². The number of pyridine rings is 1. The molecule has 1 amide bonds. The fraction of sp³-hybridized carbons (Fsp3) is 0.0870. The van der Waals surface area contributed by atoms with Gasteiger partial charge < -0.3 is 15.0 Å². The molecular weight excluding hydrogens is 366 g/mol. The number of amides is 1. The molecule has 0 aliphatic rings. The molecule has 2 heterocycles. The van der Waals surface area contributed by atoms with Gasteiger partial charge in [-0.3, -0.25) is 9.78 Å². The van der Waals surface area contributed by atoms with Crippen LogP contribution in [0, 0.1) is 0 Å². The zero-order valence-electron chi connectivity index (χ0n) is 15.6. The van der Waals surface area contributed by atoms with E-state index in [4.69, 9.17) is 0 Å². The first-order valence-electron chi connectivity index (χ1n) is 9.20. The van der Waals surface area contributed by atoms with Gasteiger partial charge in [-0.15, -0.1) is 0 Å². The van der Waals surface area contributed by atoms with Gasteiger partial charge in [-0.25, -0.2) is 4.79 Å². The van der Waals surface area contributed by atoms with Crippen LogP contribution in [0.25, 0.3) is 10.9 Å². The number of nitrogens with zero attached hydrogens (tertiary/aromatic N) is 2. The lowest BCUT2D eigenvalue weighted by atomic mass is 10.1. The Morgan fingerprint density at radius 1 is 0.966 bits per heavy atom. The summed E-state index contributed by atoms with van der Waals surface area (Å²) in [6.07, 6.45) is 3.86. The maximum Gasteiger partial charge on any atom is 0.337 e. The van der Waals surface area contributed by atoms with Crippen LogP contribution >= 0.6 is 0 Å². The molecule has 6 nitrogen and oxygen atoms in total. The molecule has 2 aromatic heterocycles. The van der Waals surface area contributed by atoms with Crippen LogP contribution in [0.2, 0.25) is 0 Å². The number of hydrogen-bond acceptors (Lipinski definition) is 3. The molecule has 6 heteroatoms. The highest BCUT2D eigenvalue weighted by Crippen LogP contribution is 2.23. The second-order valence-corrected chi connectivity index (χ2v) is 6.70. The minimum absolute atomic E-state index is 0.0680. The number of para-hydroxylation sites is 2. The highest BCUT2D eigenvalue weighted by Gasteiger charge is 2.15. The summed E-state index contributed by atoms with van der Waals surface area (Å²) >= 11 is 0. The summed E-state index contributed by atoms with van der Waals surface area (Å²) in [5.41, 5.74) is 3.19. The molecule has 4 rings (SSSR count). The SMILES string of the molecule is O=C(Cc1cn(Cc2ccccn2)c2ccccc12)Nc1ccccc1C(=O)O. The number of anilines is 1. The molecule has 29 heavy (non-hydrogen) atoms. The number of hydrogen-bond donors (Lipinski definition) is 2. The smallest absolute Gasteiger partial charge is 0.337 e. The highest BCUT2D eigenvalue weighted by molar-refractivity contribution is 6.02. The highest BCUT2D eigenvalue weighted by atomic mass is 16.4.